The maximum Gasteiger partial charge on any atom is 0.161 e. The Labute approximate surface area is 117 Å². The van der Waals surface area contributed by atoms with Crippen LogP contribution < -0.4 is 9.47 Å². The number of aliphatic hydroxyl groups excluding tert-OH is 1. The standard InChI is InChI=1S/C15H15ClO3/c1-18-15-8-11(9-17)6-7-14(15)19-10-12-4-2-3-5-13(12)16/h2-8,17H,9-10H2,1H3. The summed E-state index contributed by atoms with van der Waals surface area (Å²) in [7, 11) is 1.57. The number of benzene rings is 2. The number of methoxy groups -OCH3 is 1. The van der Waals surface area contributed by atoms with Gasteiger partial charge in [0.05, 0.1) is 13.7 Å². The Hall–Kier alpha value is -1.71. The number of aliphatic hydroxyl groups is 1. The molecule has 4 heteroatoms. The zero-order valence-electron chi connectivity index (χ0n) is 10.6. The van der Waals surface area contributed by atoms with Crippen molar-refractivity contribution in [2.24, 2.45) is 0 Å². The van der Waals surface area contributed by atoms with Gasteiger partial charge in [0.15, 0.2) is 11.5 Å². The van der Waals surface area contributed by atoms with Crippen molar-refractivity contribution < 1.29 is 14.6 Å². The second kappa shape index (κ2) is 6.45. The van der Waals surface area contributed by atoms with Crippen LogP contribution in [-0.4, -0.2) is 12.2 Å². The maximum atomic E-state index is 9.08. The van der Waals surface area contributed by atoms with Crippen molar-refractivity contribution in [3.63, 3.8) is 0 Å². The van der Waals surface area contributed by atoms with Gasteiger partial charge in [-0.25, -0.2) is 0 Å². The van der Waals surface area contributed by atoms with E-state index in [4.69, 9.17) is 26.2 Å². The minimum absolute atomic E-state index is 0.0266. The van der Waals surface area contributed by atoms with E-state index in [0.717, 1.165) is 11.1 Å². The molecule has 0 radical (unpaired) electrons. The van der Waals surface area contributed by atoms with Crippen molar-refractivity contribution in [3.8, 4) is 11.5 Å². The molecule has 0 bridgehead atoms. The third kappa shape index (κ3) is 3.40. The summed E-state index contributed by atoms with van der Waals surface area (Å²) in [6.07, 6.45) is 0. The van der Waals surface area contributed by atoms with Crippen LogP contribution in [-0.2, 0) is 13.2 Å². The highest BCUT2D eigenvalue weighted by atomic mass is 35.5. The monoisotopic (exact) mass is 278 g/mol. The molecular weight excluding hydrogens is 264 g/mol. The molecule has 0 fully saturated rings. The van der Waals surface area contributed by atoms with Crippen LogP contribution >= 0.6 is 11.6 Å². The van der Waals surface area contributed by atoms with Gasteiger partial charge in [0.2, 0.25) is 0 Å². The van der Waals surface area contributed by atoms with Crippen molar-refractivity contribution in [1.82, 2.24) is 0 Å². The Balaban J connectivity index is 2.13. The predicted molar refractivity (Wildman–Crippen MR) is 74.7 cm³/mol. The molecule has 0 aromatic heterocycles. The Morgan fingerprint density at radius 2 is 1.89 bits per heavy atom. The van der Waals surface area contributed by atoms with Gasteiger partial charge >= 0.3 is 0 Å². The lowest BCUT2D eigenvalue weighted by atomic mass is 10.2. The number of halogens is 1. The fourth-order valence-corrected chi connectivity index (χ4v) is 1.89. The van der Waals surface area contributed by atoms with Gasteiger partial charge in [-0.2, -0.15) is 0 Å². The molecule has 0 aliphatic carbocycles. The lowest BCUT2D eigenvalue weighted by molar-refractivity contribution is 0.274. The van der Waals surface area contributed by atoms with Crippen molar-refractivity contribution in [1.29, 1.82) is 0 Å². The highest BCUT2D eigenvalue weighted by Crippen LogP contribution is 2.29. The minimum Gasteiger partial charge on any atom is -0.493 e. The molecule has 2 aromatic carbocycles. The second-order valence-electron chi connectivity index (χ2n) is 4.02. The fraction of sp³-hybridized carbons (Fsp3) is 0.200. The van der Waals surface area contributed by atoms with Gasteiger partial charge in [-0.3, -0.25) is 0 Å². The van der Waals surface area contributed by atoms with E-state index in [2.05, 4.69) is 0 Å². The molecule has 0 unspecified atom stereocenters. The normalized spacial score (nSPS) is 10.3. The molecule has 100 valence electrons. The molecule has 0 saturated heterocycles. The van der Waals surface area contributed by atoms with Gasteiger partial charge < -0.3 is 14.6 Å². The van der Waals surface area contributed by atoms with Crippen LogP contribution in [0.15, 0.2) is 42.5 Å². The molecule has 2 rings (SSSR count). The Morgan fingerprint density at radius 1 is 1.11 bits per heavy atom. The molecule has 3 nitrogen and oxygen atoms in total. The van der Waals surface area contributed by atoms with Crippen molar-refractivity contribution in [3.05, 3.63) is 58.6 Å². The van der Waals surface area contributed by atoms with Crippen LogP contribution in [0.1, 0.15) is 11.1 Å². The molecule has 0 saturated carbocycles. The van der Waals surface area contributed by atoms with E-state index in [1.54, 1.807) is 25.3 Å². The Bertz CT molecular complexity index is 555. The predicted octanol–water partition coefficient (Wildman–Crippen LogP) is 3.42. The third-order valence-electron chi connectivity index (χ3n) is 2.75. The number of hydrogen-bond donors (Lipinski definition) is 1. The van der Waals surface area contributed by atoms with Crippen LogP contribution in [0.3, 0.4) is 0 Å². The lowest BCUT2D eigenvalue weighted by Gasteiger charge is -2.12. The van der Waals surface area contributed by atoms with Crippen LogP contribution in [0, 0.1) is 0 Å². The average Bonchev–Trinajstić information content (AvgIpc) is 2.46. The van der Waals surface area contributed by atoms with Gasteiger partial charge in [0.1, 0.15) is 6.61 Å². The summed E-state index contributed by atoms with van der Waals surface area (Å²) in [6, 6.07) is 12.9. The van der Waals surface area contributed by atoms with E-state index in [0.29, 0.717) is 23.1 Å². The molecule has 0 aliphatic heterocycles. The Kier molecular flexibility index (Phi) is 4.66. The number of rotatable bonds is 5. The van der Waals surface area contributed by atoms with E-state index in [1.807, 2.05) is 24.3 Å². The molecule has 0 aliphatic rings. The van der Waals surface area contributed by atoms with Gasteiger partial charge in [-0.15, -0.1) is 0 Å². The summed E-state index contributed by atoms with van der Waals surface area (Å²) < 4.78 is 10.9. The van der Waals surface area contributed by atoms with Crippen molar-refractivity contribution in [2.75, 3.05) is 7.11 Å². The lowest BCUT2D eigenvalue weighted by Crippen LogP contribution is -1.99. The first kappa shape index (κ1) is 13.7. The zero-order chi connectivity index (χ0) is 13.7. The fourth-order valence-electron chi connectivity index (χ4n) is 1.70. The largest absolute Gasteiger partial charge is 0.493 e. The summed E-state index contributed by atoms with van der Waals surface area (Å²) >= 11 is 6.07. The zero-order valence-corrected chi connectivity index (χ0v) is 11.4. The van der Waals surface area contributed by atoms with Crippen molar-refractivity contribution >= 4 is 11.6 Å². The smallest absolute Gasteiger partial charge is 0.161 e. The molecule has 19 heavy (non-hydrogen) atoms. The van der Waals surface area contributed by atoms with E-state index in [9.17, 15) is 0 Å². The van der Waals surface area contributed by atoms with Crippen LogP contribution in [0.4, 0.5) is 0 Å². The quantitative estimate of drug-likeness (QED) is 0.911. The van der Waals surface area contributed by atoms with Gasteiger partial charge in [-0.1, -0.05) is 35.9 Å². The van der Waals surface area contributed by atoms with E-state index >= 15 is 0 Å². The summed E-state index contributed by atoms with van der Waals surface area (Å²) in [5.74, 6) is 1.22. The third-order valence-corrected chi connectivity index (χ3v) is 3.12. The first-order valence-corrected chi connectivity index (χ1v) is 6.26. The van der Waals surface area contributed by atoms with Crippen LogP contribution in [0.25, 0.3) is 0 Å². The van der Waals surface area contributed by atoms with Crippen LogP contribution in [0.5, 0.6) is 11.5 Å². The summed E-state index contributed by atoms with van der Waals surface area (Å²) in [5, 5.41) is 9.75. The average molecular weight is 279 g/mol. The van der Waals surface area contributed by atoms with E-state index in [-0.39, 0.29) is 6.61 Å². The SMILES string of the molecule is COc1cc(CO)ccc1OCc1ccccc1Cl. The molecule has 2 aromatic rings. The summed E-state index contributed by atoms with van der Waals surface area (Å²) in [4.78, 5) is 0. The molecule has 0 heterocycles. The van der Waals surface area contributed by atoms with Gasteiger partial charge in [-0.05, 0) is 23.8 Å². The second-order valence-corrected chi connectivity index (χ2v) is 4.43. The topological polar surface area (TPSA) is 38.7 Å². The summed E-state index contributed by atoms with van der Waals surface area (Å²) in [5.41, 5.74) is 1.69. The number of hydrogen-bond acceptors (Lipinski definition) is 3. The summed E-state index contributed by atoms with van der Waals surface area (Å²) in [6.45, 7) is 0.343. The van der Waals surface area contributed by atoms with Gasteiger partial charge in [0.25, 0.3) is 0 Å². The molecular formula is C15H15ClO3. The van der Waals surface area contributed by atoms with Crippen molar-refractivity contribution in [2.45, 2.75) is 13.2 Å². The molecule has 1 N–H and O–H groups in total. The van der Waals surface area contributed by atoms with Crippen LogP contribution in [0.2, 0.25) is 5.02 Å². The Morgan fingerprint density at radius 3 is 2.58 bits per heavy atom. The van der Waals surface area contributed by atoms with E-state index in [1.165, 1.54) is 0 Å². The first-order chi connectivity index (χ1) is 9.24. The van der Waals surface area contributed by atoms with E-state index < -0.39 is 0 Å². The molecule has 0 atom stereocenters. The highest BCUT2D eigenvalue weighted by molar-refractivity contribution is 6.31. The highest BCUT2D eigenvalue weighted by Gasteiger charge is 2.07. The number of ether oxygens (including phenoxy) is 2. The molecule has 0 spiro atoms. The first-order valence-electron chi connectivity index (χ1n) is 5.88. The van der Waals surface area contributed by atoms with Gasteiger partial charge in [0, 0.05) is 10.6 Å². The molecule has 0 amide bonds. The maximum absolute atomic E-state index is 9.08. The minimum atomic E-state index is -0.0266.